The number of hydrogen-bond acceptors (Lipinski definition) is 4. The average molecular weight is 401 g/mol. The zero-order chi connectivity index (χ0) is 19.9. The first-order valence-corrected chi connectivity index (χ1v) is 11.0. The lowest BCUT2D eigenvalue weighted by Crippen LogP contribution is -2.27. The first-order chi connectivity index (χ1) is 13.4. The maximum absolute atomic E-state index is 12.8. The van der Waals surface area contributed by atoms with E-state index in [1.165, 1.54) is 4.31 Å². The van der Waals surface area contributed by atoms with E-state index < -0.39 is 10.0 Å². The van der Waals surface area contributed by atoms with E-state index in [-0.39, 0.29) is 22.8 Å². The Morgan fingerprint density at radius 1 is 1.07 bits per heavy atom. The molecule has 4 rings (SSSR count). The highest BCUT2D eigenvalue weighted by molar-refractivity contribution is 7.89. The third kappa shape index (κ3) is 3.29. The number of nitrogens with zero attached hydrogens (tertiary/aromatic N) is 1. The van der Waals surface area contributed by atoms with Gasteiger partial charge in [-0.15, -0.1) is 0 Å². The topological polar surface area (TPSA) is 75.7 Å². The van der Waals surface area contributed by atoms with E-state index in [1.54, 1.807) is 30.3 Å². The molecule has 2 aromatic rings. The minimum atomic E-state index is -3.46. The number of hydrogen-bond donors (Lipinski definition) is 1. The number of fused-ring (bicyclic) bond motifs is 1. The lowest BCUT2D eigenvalue weighted by molar-refractivity contribution is 0.102. The average Bonchev–Trinajstić information content (AvgIpc) is 3.32. The van der Waals surface area contributed by atoms with Crippen LogP contribution in [0.3, 0.4) is 0 Å². The van der Waals surface area contributed by atoms with Crippen molar-refractivity contribution in [2.45, 2.75) is 43.6 Å². The van der Waals surface area contributed by atoms with Crippen molar-refractivity contribution in [3.8, 4) is 5.75 Å². The molecule has 2 atom stereocenters. The van der Waals surface area contributed by atoms with Crippen molar-refractivity contribution >= 4 is 21.6 Å². The van der Waals surface area contributed by atoms with Crippen LogP contribution in [0.15, 0.2) is 47.4 Å². The van der Waals surface area contributed by atoms with Crippen molar-refractivity contribution < 1.29 is 17.9 Å². The highest BCUT2D eigenvalue weighted by Crippen LogP contribution is 2.40. The van der Waals surface area contributed by atoms with Crippen LogP contribution in [0.4, 0.5) is 5.69 Å². The first-order valence-electron chi connectivity index (χ1n) is 9.59. The molecule has 0 radical (unpaired) electrons. The molecule has 2 aliphatic rings. The molecule has 1 fully saturated rings. The number of anilines is 1. The van der Waals surface area contributed by atoms with Gasteiger partial charge in [-0.25, -0.2) is 8.42 Å². The number of para-hydroxylation sites is 1. The van der Waals surface area contributed by atoms with E-state index in [1.807, 2.05) is 19.1 Å². The molecular weight excluding hydrogens is 376 g/mol. The van der Waals surface area contributed by atoms with Gasteiger partial charge in [0.15, 0.2) is 0 Å². The summed E-state index contributed by atoms with van der Waals surface area (Å²) in [7, 11) is -3.46. The van der Waals surface area contributed by atoms with Gasteiger partial charge >= 0.3 is 0 Å². The van der Waals surface area contributed by atoms with Gasteiger partial charge in [-0.1, -0.05) is 19.1 Å². The molecule has 0 saturated carbocycles. The van der Waals surface area contributed by atoms with Crippen LogP contribution >= 0.6 is 0 Å². The molecule has 1 amide bonds. The Hall–Kier alpha value is -2.38. The number of benzene rings is 2. The van der Waals surface area contributed by atoms with Gasteiger partial charge in [0.05, 0.1) is 10.5 Å². The predicted octanol–water partition coefficient (Wildman–Crippen LogP) is 3.61. The molecule has 2 heterocycles. The number of carbonyl (C=O) groups is 1. The van der Waals surface area contributed by atoms with Crippen LogP contribution in [0.5, 0.6) is 5.75 Å². The van der Waals surface area contributed by atoms with Gasteiger partial charge in [-0.2, -0.15) is 4.31 Å². The molecule has 148 valence electrons. The van der Waals surface area contributed by atoms with Gasteiger partial charge in [0.25, 0.3) is 5.91 Å². The van der Waals surface area contributed by atoms with Crippen LogP contribution in [0, 0.1) is 0 Å². The molecule has 6 nitrogen and oxygen atoms in total. The van der Waals surface area contributed by atoms with Gasteiger partial charge in [0.1, 0.15) is 11.9 Å². The number of carbonyl (C=O) groups excluding carboxylic acids is 1. The summed E-state index contributed by atoms with van der Waals surface area (Å²) >= 11 is 0. The first kappa shape index (κ1) is 19.0. The predicted molar refractivity (Wildman–Crippen MR) is 107 cm³/mol. The minimum Gasteiger partial charge on any atom is -0.489 e. The lowest BCUT2D eigenvalue weighted by atomic mass is 9.97. The molecule has 2 aliphatic heterocycles. The van der Waals surface area contributed by atoms with Gasteiger partial charge in [0.2, 0.25) is 10.0 Å². The fraction of sp³-hybridized carbons (Fsp3) is 0.381. The fourth-order valence-corrected chi connectivity index (χ4v) is 5.27. The van der Waals surface area contributed by atoms with Crippen molar-refractivity contribution in [2.75, 3.05) is 18.4 Å². The normalized spacial score (nSPS) is 21.9. The Morgan fingerprint density at radius 3 is 2.43 bits per heavy atom. The summed E-state index contributed by atoms with van der Waals surface area (Å²) in [5, 5.41) is 2.84. The standard InChI is InChI=1S/C21H24N2O4S/c1-14-15(2)27-20-18(14)6-5-7-19(20)21(24)22-16-8-10-17(11-9-16)28(25,26)23-12-3-4-13-23/h5-11,14-15H,3-4,12-13H2,1-2H3,(H,22,24)/t14-,15-/m0/s1. The van der Waals surface area contributed by atoms with Crippen LogP contribution < -0.4 is 10.1 Å². The van der Waals surface area contributed by atoms with Gasteiger partial charge in [-0.3, -0.25) is 4.79 Å². The van der Waals surface area contributed by atoms with Crippen LogP contribution in [-0.2, 0) is 10.0 Å². The van der Waals surface area contributed by atoms with Gasteiger partial charge in [-0.05, 0) is 50.1 Å². The Labute approximate surface area is 165 Å². The van der Waals surface area contributed by atoms with Crippen molar-refractivity contribution in [1.29, 1.82) is 0 Å². The SMILES string of the molecule is C[C@@H]1Oc2c(C(=O)Nc3ccc(S(=O)(=O)N4CCCC4)cc3)cccc2[C@H]1C. The third-order valence-corrected chi connectivity index (χ3v) is 7.52. The van der Waals surface area contributed by atoms with E-state index in [0.717, 1.165) is 18.4 Å². The Balaban J connectivity index is 1.52. The van der Waals surface area contributed by atoms with Crippen LogP contribution in [0.2, 0.25) is 0 Å². The molecule has 1 saturated heterocycles. The van der Waals surface area contributed by atoms with Crippen molar-refractivity contribution in [1.82, 2.24) is 4.31 Å². The number of sulfonamides is 1. The second kappa shape index (κ2) is 7.22. The van der Waals surface area contributed by atoms with E-state index in [0.29, 0.717) is 30.1 Å². The second-order valence-electron chi connectivity index (χ2n) is 7.43. The largest absolute Gasteiger partial charge is 0.489 e. The Morgan fingerprint density at radius 2 is 1.75 bits per heavy atom. The lowest BCUT2D eigenvalue weighted by Gasteiger charge is -2.16. The number of amides is 1. The fourth-order valence-electron chi connectivity index (χ4n) is 3.75. The maximum Gasteiger partial charge on any atom is 0.259 e. The summed E-state index contributed by atoms with van der Waals surface area (Å²) < 4.78 is 32.6. The highest BCUT2D eigenvalue weighted by atomic mass is 32.2. The zero-order valence-electron chi connectivity index (χ0n) is 16.0. The van der Waals surface area contributed by atoms with Crippen molar-refractivity contribution in [3.63, 3.8) is 0 Å². The monoisotopic (exact) mass is 400 g/mol. The molecule has 0 spiro atoms. The molecule has 0 bridgehead atoms. The summed E-state index contributed by atoms with van der Waals surface area (Å²) in [5.74, 6) is 0.597. The van der Waals surface area contributed by atoms with Crippen molar-refractivity contribution in [3.05, 3.63) is 53.6 Å². The smallest absolute Gasteiger partial charge is 0.259 e. The summed E-state index contributed by atoms with van der Waals surface area (Å²) in [4.78, 5) is 13.0. The molecular formula is C21H24N2O4S. The summed E-state index contributed by atoms with van der Waals surface area (Å²) in [6.45, 7) is 5.21. The molecule has 7 heteroatoms. The molecule has 28 heavy (non-hydrogen) atoms. The Kier molecular flexibility index (Phi) is 4.89. The summed E-state index contributed by atoms with van der Waals surface area (Å²) in [6, 6.07) is 11.9. The second-order valence-corrected chi connectivity index (χ2v) is 9.36. The number of nitrogens with one attached hydrogen (secondary N) is 1. The molecule has 2 aromatic carbocycles. The van der Waals surface area contributed by atoms with E-state index in [2.05, 4.69) is 12.2 Å². The van der Waals surface area contributed by atoms with E-state index in [4.69, 9.17) is 4.74 Å². The Bertz CT molecular complexity index is 996. The van der Waals surface area contributed by atoms with Gasteiger partial charge < -0.3 is 10.1 Å². The highest BCUT2D eigenvalue weighted by Gasteiger charge is 2.31. The summed E-state index contributed by atoms with van der Waals surface area (Å²) in [5.41, 5.74) is 2.07. The van der Waals surface area contributed by atoms with Crippen LogP contribution in [0.1, 0.15) is 48.5 Å². The van der Waals surface area contributed by atoms with Crippen molar-refractivity contribution in [2.24, 2.45) is 0 Å². The quantitative estimate of drug-likeness (QED) is 0.851. The zero-order valence-corrected chi connectivity index (χ0v) is 16.8. The maximum atomic E-state index is 12.8. The van der Waals surface area contributed by atoms with Crippen LogP contribution in [-0.4, -0.2) is 37.8 Å². The molecule has 0 unspecified atom stereocenters. The summed E-state index contributed by atoms with van der Waals surface area (Å²) in [6.07, 6.45) is 1.82. The van der Waals surface area contributed by atoms with Crippen LogP contribution in [0.25, 0.3) is 0 Å². The molecule has 0 aromatic heterocycles. The van der Waals surface area contributed by atoms with E-state index in [9.17, 15) is 13.2 Å². The third-order valence-electron chi connectivity index (χ3n) is 5.60. The van der Waals surface area contributed by atoms with Gasteiger partial charge in [0, 0.05) is 30.3 Å². The number of rotatable bonds is 4. The molecule has 1 N–H and O–H groups in total. The minimum absolute atomic E-state index is 0.0269. The number of ether oxygens (including phenoxy) is 1. The van der Waals surface area contributed by atoms with E-state index >= 15 is 0 Å². The molecule has 0 aliphatic carbocycles.